The number of hydrazone groups is 1. The van der Waals surface area contributed by atoms with Crippen molar-refractivity contribution in [3.8, 4) is 5.75 Å². The van der Waals surface area contributed by atoms with Gasteiger partial charge in [0.2, 0.25) is 10.0 Å². The van der Waals surface area contributed by atoms with Crippen LogP contribution in [-0.2, 0) is 21.4 Å². The Hall–Kier alpha value is -3.49. The summed E-state index contributed by atoms with van der Waals surface area (Å²) in [7, 11) is -3.89. The average Bonchev–Trinajstić information content (AvgIpc) is 2.75. The minimum atomic E-state index is -3.89. The molecule has 8 heteroatoms. The number of hydrogen-bond donors (Lipinski definition) is 2. The monoisotopic (exact) mass is 423 g/mol. The smallest absolute Gasteiger partial charge is 0.255 e. The maximum Gasteiger partial charge on any atom is 0.255 e. The molecule has 7 nitrogen and oxygen atoms in total. The van der Waals surface area contributed by atoms with Gasteiger partial charge in [0, 0.05) is 6.54 Å². The highest BCUT2D eigenvalue weighted by Gasteiger charge is 2.26. The Bertz CT molecular complexity index is 1120. The van der Waals surface area contributed by atoms with E-state index in [0.29, 0.717) is 5.56 Å². The minimum absolute atomic E-state index is 0.0434. The molecule has 2 N–H and O–H groups in total. The molecule has 0 saturated carbocycles. The number of aromatic hydroxyl groups is 1. The van der Waals surface area contributed by atoms with Crippen LogP contribution in [-0.4, -0.2) is 36.5 Å². The summed E-state index contributed by atoms with van der Waals surface area (Å²) in [6.07, 6.45) is 1.37. The summed E-state index contributed by atoms with van der Waals surface area (Å²) in [5.74, 6) is -0.505. The number of amides is 1. The van der Waals surface area contributed by atoms with Gasteiger partial charge in [0.1, 0.15) is 5.75 Å². The molecule has 30 heavy (non-hydrogen) atoms. The zero-order chi connectivity index (χ0) is 21.4. The number of sulfonamides is 1. The van der Waals surface area contributed by atoms with Crippen LogP contribution in [0.3, 0.4) is 0 Å². The van der Waals surface area contributed by atoms with E-state index in [1.165, 1.54) is 30.5 Å². The molecule has 0 atom stereocenters. The lowest BCUT2D eigenvalue weighted by Gasteiger charge is -2.21. The fourth-order valence-electron chi connectivity index (χ4n) is 2.73. The maximum absolute atomic E-state index is 13.1. The lowest BCUT2D eigenvalue weighted by atomic mass is 10.2. The number of phenols is 1. The van der Waals surface area contributed by atoms with E-state index < -0.39 is 22.5 Å². The van der Waals surface area contributed by atoms with Crippen molar-refractivity contribution in [1.29, 1.82) is 0 Å². The Morgan fingerprint density at radius 3 is 2.30 bits per heavy atom. The molecule has 0 aliphatic heterocycles. The van der Waals surface area contributed by atoms with E-state index >= 15 is 0 Å². The molecule has 3 rings (SSSR count). The summed E-state index contributed by atoms with van der Waals surface area (Å²) in [4.78, 5) is 12.5. The van der Waals surface area contributed by atoms with E-state index in [1.54, 1.807) is 42.5 Å². The van der Waals surface area contributed by atoms with Crippen LogP contribution in [0.2, 0.25) is 0 Å². The highest BCUT2D eigenvalue weighted by Crippen LogP contribution is 2.18. The van der Waals surface area contributed by atoms with Crippen molar-refractivity contribution in [3.63, 3.8) is 0 Å². The largest absolute Gasteiger partial charge is 0.508 e. The van der Waals surface area contributed by atoms with E-state index in [4.69, 9.17) is 0 Å². The molecule has 0 heterocycles. The molecule has 0 bridgehead atoms. The second kappa shape index (κ2) is 9.82. The van der Waals surface area contributed by atoms with Crippen LogP contribution >= 0.6 is 0 Å². The molecule has 3 aromatic carbocycles. The lowest BCUT2D eigenvalue weighted by Crippen LogP contribution is -2.39. The number of nitrogens with one attached hydrogen (secondary N) is 1. The topological polar surface area (TPSA) is 99.1 Å². The second-order valence-electron chi connectivity index (χ2n) is 6.46. The fourth-order valence-corrected chi connectivity index (χ4v) is 4.14. The van der Waals surface area contributed by atoms with Crippen molar-refractivity contribution in [3.05, 3.63) is 96.1 Å². The number of hydrogen-bond acceptors (Lipinski definition) is 5. The van der Waals surface area contributed by atoms with Crippen molar-refractivity contribution < 1.29 is 18.3 Å². The van der Waals surface area contributed by atoms with Gasteiger partial charge in [0.25, 0.3) is 5.91 Å². The molecule has 0 fully saturated rings. The average molecular weight is 423 g/mol. The molecule has 0 aliphatic carbocycles. The molecule has 0 saturated heterocycles. The standard InChI is InChI=1S/C22H21N3O4S/c26-20-11-7-10-19(14-20)15-23-24-22(27)17-25(16-18-8-3-1-4-9-18)30(28,29)21-12-5-2-6-13-21/h1-15,26H,16-17H2,(H,24,27)/b23-15+. The fraction of sp³-hybridized carbons (Fsp3) is 0.0909. The third-order valence-corrected chi connectivity index (χ3v) is 5.98. The first-order valence-corrected chi connectivity index (χ1v) is 10.6. The number of nitrogens with zero attached hydrogens (tertiary/aromatic N) is 2. The van der Waals surface area contributed by atoms with Crippen LogP contribution in [0.5, 0.6) is 5.75 Å². The number of carbonyl (C=O) groups excluding carboxylic acids is 1. The second-order valence-corrected chi connectivity index (χ2v) is 8.40. The lowest BCUT2D eigenvalue weighted by molar-refractivity contribution is -0.121. The molecular weight excluding hydrogens is 402 g/mol. The molecule has 0 spiro atoms. The van der Waals surface area contributed by atoms with Gasteiger partial charge in [0.15, 0.2) is 0 Å². The third-order valence-electron chi connectivity index (χ3n) is 4.18. The molecular formula is C22H21N3O4S. The number of rotatable bonds is 8. The van der Waals surface area contributed by atoms with Crippen molar-refractivity contribution in [2.75, 3.05) is 6.54 Å². The van der Waals surface area contributed by atoms with Crippen molar-refractivity contribution in [2.45, 2.75) is 11.4 Å². The van der Waals surface area contributed by atoms with E-state index in [2.05, 4.69) is 10.5 Å². The van der Waals surface area contributed by atoms with Crippen LogP contribution in [0.4, 0.5) is 0 Å². The highest BCUT2D eigenvalue weighted by atomic mass is 32.2. The first-order valence-electron chi connectivity index (χ1n) is 9.15. The first-order chi connectivity index (χ1) is 14.4. The maximum atomic E-state index is 13.1. The quantitative estimate of drug-likeness (QED) is 0.430. The van der Waals surface area contributed by atoms with Crippen molar-refractivity contribution >= 4 is 22.1 Å². The van der Waals surface area contributed by atoms with E-state index in [9.17, 15) is 18.3 Å². The zero-order valence-corrected chi connectivity index (χ0v) is 16.9. The SMILES string of the molecule is O=C(CN(Cc1ccccc1)S(=O)(=O)c1ccccc1)N/N=C/c1cccc(O)c1. The molecule has 3 aromatic rings. The van der Waals surface area contributed by atoms with Gasteiger partial charge >= 0.3 is 0 Å². The van der Waals surface area contributed by atoms with Gasteiger partial charge in [0.05, 0.1) is 17.7 Å². The Balaban J connectivity index is 1.75. The number of phenolic OH excluding ortho intramolecular Hbond substituents is 1. The van der Waals surface area contributed by atoms with Gasteiger partial charge in [-0.05, 0) is 35.4 Å². The summed E-state index contributed by atoms with van der Waals surface area (Å²) in [6, 6.07) is 23.4. The van der Waals surface area contributed by atoms with Crippen molar-refractivity contribution in [1.82, 2.24) is 9.73 Å². The van der Waals surface area contributed by atoms with Crippen LogP contribution in [0.15, 0.2) is 94.9 Å². The summed E-state index contributed by atoms with van der Waals surface area (Å²) in [5, 5.41) is 13.3. The zero-order valence-electron chi connectivity index (χ0n) is 16.0. The Morgan fingerprint density at radius 2 is 1.63 bits per heavy atom. The molecule has 0 unspecified atom stereocenters. The van der Waals surface area contributed by atoms with E-state index in [0.717, 1.165) is 9.87 Å². The Labute approximate surface area is 175 Å². The Kier molecular flexibility index (Phi) is 6.95. The van der Waals surface area contributed by atoms with Crippen molar-refractivity contribution in [2.24, 2.45) is 5.10 Å². The number of carbonyl (C=O) groups is 1. The van der Waals surface area contributed by atoms with Crippen LogP contribution in [0.25, 0.3) is 0 Å². The van der Waals surface area contributed by atoms with Crippen LogP contribution < -0.4 is 5.43 Å². The summed E-state index contributed by atoms with van der Waals surface area (Å²) in [6.45, 7) is -0.356. The third kappa shape index (κ3) is 5.76. The molecule has 0 radical (unpaired) electrons. The molecule has 0 aliphatic rings. The van der Waals surface area contributed by atoms with Gasteiger partial charge < -0.3 is 5.11 Å². The van der Waals surface area contributed by atoms with Crippen LogP contribution in [0.1, 0.15) is 11.1 Å². The highest BCUT2D eigenvalue weighted by molar-refractivity contribution is 7.89. The van der Waals surface area contributed by atoms with Gasteiger partial charge in [-0.25, -0.2) is 13.8 Å². The number of benzene rings is 3. The van der Waals surface area contributed by atoms with Crippen LogP contribution in [0, 0.1) is 0 Å². The first kappa shape index (κ1) is 21.2. The minimum Gasteiger partial charge on any atom is -0.508 e. The molecule has 154 valence electrons. The summed E-state index contributed by atoms with van der Waals surface area (Å²) < 4.78 is 27.3. The van der Waals surface area contributed by atoms with Gasteiger partial charge in [-0.2, -0.15) is 9.41 Å². The van der Waals surface area contributed by atoms with Gasteiger partial charge in [-0.1, -0.05) is 60.7 Å². The van der Waals surface area contributed by atoms with E-state index in [1.807, 2.05) is 18.2 Å². The predicted molar refractivity (Wildman–Crippen MR) is 114 cm³/mol. The van der Waals surface area contributed by atoms with E-state index in [-0.39, 0.29) is 17.2 Å². The molecule has 0 aromatic heterocycles. The summed E-state index contributed by atoms with van der Waals surface area (Å²) in [5.41, 5.74) is 3.68. The summed E-state index contributed by atoms with van der Waals surface area (Å²) >= 11 is 0. The normalized spacial score (nSPS) is 11.6. The molecule has 1 amide bonds. The Morgan fingerprint density at radius 1 is 0.967 bits per heavy atom. The predicted octanol–water partition coefficient (Wildman–Crippen LogP) is 2.73. The van der Waals surface area contributed by atoms with Gasteiger partial charge in [-0.15, -0.1) is 0 Å². The van der Waals surface area contributed by atoms with Gasteiger partial charge in [-0.3, -0.25) is 4.79 Å².